The number of rotatable bonds is 3. The zero-order valence-corrected chi connectivity index (χ0v) is 13.6. The van der Waals surface area contributed by atoms with Crippen molar-refractivity contribution in [2.75, 3.05) is 43.9 Å². The minimum absolute atomic E-state index is 0.301. The van der Waals surface area contributed by atoms with Crippen LogP contribution in [0.3, 0.4) is 0 Å². The van der Waals surface area contributed by atoms with Crippen LogP contribution in [0.2, 0.25) is 0 Å². The largest absolute Gasteiger partial charge is 0.368 e. The molecule has 6 heteroatoms. The molecule has 0 amide bonds. The highest BCUT2D eigenvalue weighted by Crippen LogP contribution is 2.27. The average Bonchev–Trinajstić information content (AvgIpc) is 2.53. The number of hydrogen-bond donors (Lipinski definition) is 1. The summed E-state index contributed by atoms with van der Waals surface area (Å²) in [4.78, 5) is 18.1. The van der Waals surface area contributed by atoms with Crippen LogP contribution in [0.25, 0.3) is 11.0 Å². The molecule has 0 aliphatic carbocycles. The number of nitrogen functional groups attached to an aromatic ring is 1. The summed E-state index contributed by atoms with van der Waals surface area (Å²) in [7, 11) is 2.14. The molecule has 118 valence electrons. The molecule has 2 aromatic rings. The quantitative estimate of drug-likeness (QED) is 0.933. The summed E-state index contributed by atoms with van der Waals surface area (Å²) in [6, 6.07) is 4.19. The predicted octanol–water partition coefficient (Wildman–Crippen LogP) is 1.87. The number of fused-ring (bicyclic) bond motifs is 1. The van der Waals surface area contributed by atoms with Crippen LogP contribution >= 0.6 is 0 Å². The summed E-state index contributed by atoms with van der Waals surface area (Å²) in [5, 5.41) is 0.991. The number of aromatic nitrogens is 3. The summed E-state index contributed by atoms with van der Waals surface area (Å²) < 4.78 is 0. The lowest BCUT2D eigenvalue weighted by atomic mass is 10.0. The Morgan fingerprint density at radius 1 is 1.14 bits per heavy atom. The molecule has 1 aliphatic heterocycles. The third-order valence-electron chi connectivity index (χ3n) is 4.50. The Morgan fingerprint density at radius 3 is 2.55 bits per heavy atom. The molecule has 0 aromatic carbocycles. The Kier molecular flexibility index (Phi) is 4.11. The molecule has 3 heterocycles. The molecule has 6 nitrogen and oxygen atoms in total. The molecule has 1 unspecified atom stereocenters. The Balaban J connectivity index is 2.03. The Hall–Kier alpha value is -1.95. The molecule has 0 bridgehead atoms. The van der Waals surface area contributed by atoms with Gasteiger partial charge in [0.05, 0.1) is 5.39 Å². The fraction of sp³-hybridized carbons (Fsp3) is 0.562. The minimum Gasteiger partial charge on any atom is -0.368 e. The smallest absolute Gasteiger partial charge is 0.224 e. The van der Waals surface area contributed by atoms with Gasteiger partial charge in [0.2, 0.25) is 5.95 Å². The van der Waals surface area contributed by atoms with Gasteiger partial charge in [-0.05, 0) is 31.5 Å². The number of anilines is 2. The van der Waals surface area contributed by atoms with Crippen molar-refractivity contribution in [2.24, 2.45) is 0 Å². The number of piperazine rings is 1. The van der Waals surface area contributed by atoms with Crippen molar-refractivity contribution in [2.45, 2.75) is 26.2 Å². The van der Waals surface area contributed by atoms with Gasteiger partial charge in [-0.1, -0.05) is 13.8 Å². The summed E-state index contributed by atoms with van der Waals surface area (Å²) in [5.41, 5.74) is 7.69. The van der Waals surface area contributed by atoms with Gasteiger partial charge >= 0.3 is 0 Å². The molecule has 0 saturated carbocycles. The van der Waals surface area contributed by atoms with E-state index in [1.54, 1.807) is 0 Å². The van der Waals surface area contributed by atoms with Gasteiger partial charge < -0.3 is 15.5 Å². The Morgan fingerprint density at radius 2 is 1.86 bits per heavy atom. The van der Waals surface area contributed by atoms with E-state index in [4.69, 9.17) is 10.7 Å². The topological polar surface area (TPSA) is 71.2 Å². The van der Waals surface area contributed by atoms with E-state index in [1.165, 1.54) is 0 Å². The van der Waals surface area contributed by atoms with Crippen molar-refractivity contribution < 1.29 is 0 Å². The molecule has 2 aromatic heterocycles. The SMILES string of the molecule is CCC(C)c1ccc2c(N3CCN(C)CC3)nc(N)nc2n1. The highest BCUT2D eigenvalue weighted by Gasteiger charge is 2.19. The summed E-state index contributed by atoms with van der Waals surface area (Å²) in [6.07, 6.45) is 1.06. The molecular formula is C16H24N6. The molecule has 0 radical (unpaired) electrons. The van der Waals surface area contributed by atoms with Crippen LogP contribution in [-0.2, 0) is 0 Å². The Labute approximate surface area is 131 Å². The van der Waals surface area contributed by atoms with Crippen molar-refractivity contribution in [3.8, 4) is 0 Å². The van der Waals surface area contributed by atoms with E-state index in [0.29, 0.717) is 17.5 Å². The van der Waals surface area contributed by atoms with Crippen LogP contribution in [0.5, 0.6) is 0 Å². The summed E-state index contributed by atoms with van der Waals surface area (Å²) in [6.45, 7) is 8.32. The number of likely N-dealkylation sites (N-methyl/N-ethyl adjacent to an activating group) is 1. The molecule has 1 saturated heterocycles. The van der Waals surface area contributed by atoms with Gasteiger partial charge in [-0.3, -0.25) is 0 Å². The normalized spacial score (nSPS) is 17.9. The van der Waals surface area contributed by atoms with E-state index in [-0.39, 0.29) is 0 Å². The van der Waals surface area contributed by atoms with Gasteiger partial charge in [-0.15, -0.1) is 0 Å². The molecule has 3 rings (SSSR count). The van der Waals surface area contributed by atoms with E-state index in [1.807, 2.05) is 0 Å². The standard InChI is InChI=1S/C16H24N6/c1-4-11(2)13-6-5-12-14(18-13)19-16(17)20-15(12)22-9-7-21(3)8-10-22/h5-6,11H,4,7-10H2,1-3H3,(H2,17,18,19,20). The van der Waals surface area contributed by atoms with Crippen LogP contribution < -0.4 is 10.6 Å². The lowest BCUT2D eigenvalue weighted by Crippen LogP contribution is -2.45. The molecule has 22 heavy (non-hydrogen) atoms. The first kappa shape index (κ1) is 15.0. The maximum absolute atomic E-state index is 5.92. The summed E-state index contributed by atoms with van der Waals surface area (Å²) >= 11 is 0. The van der Waals surface area contributed by atoms with Gasteiger partial charge in [-0.25, -0.2) is 4.98 Å². The first-order valence-electron chi connectivity index (χ1n) is 7.96. The maximum Gasteiger partial charge on any atom is 0.224 e. The van der Waals surface area contributed by atoms with Crippen LogP contribution in [-0.4, -0.2) is 53.1 Å². The van der Waals surface area contributed by atoms with Crippen LogP contribution in [0.15, 0.2) is 12.1 Å². The first-order chi connectivity index (χ1) is 10.6. The van der Waals surface area contributed by atoms with E-state index in [2.05, 4.69) is 52.8 Å². The van der Waals surface area contributed by atoms with Crippen LogP contribution in [0.4, 0.5) is 11.8 Å². The number of pyridine rings is 1. The van der Waals surface area contributed by atoms with E-state index in [0.717, 1.165) is 49.5 Å². The van der Waals surface area contributed by atoms with Gasteiger partial charge in [0.1, 0.15) is 5.82 Å². The Bertz CT molecular complexity index is 663. The van der Waals surface area contributed by atoms with Gasteiger partial charge in [0.15, 0.2) is 5.65 Å². The monoisotopic (exact) mass is 300 g/mol. The first-order valence-corrected chi connectivity index (χ1v) is 7.96. The fourth-order valence-electron chi connectivity index (χ4n) is 2.77. The predicted molar refractivity (Wildman–Crippen MR) is 90.2 cm³/mol. The molecule has 1 fully saturated rings. The lowest BCUT2D eigenvalue weighted by molar-refractivity contribution is 0.312. The van der Waals surface area contributed by atoms with E-state index in [9.17, 15) is 0 Å². The second-order valence-electron chi connectivity index (χ2n) is 6.11. The van der Waals surface area contributed by atoms with E-state index >= 15 is 0 Å². The number of nitrogens with two attached hydrogens (primary N) is 1. The molecular weight excluding hydrogens is 276 g/mol. The van der Waals surface area contributed by atoms with Gasteiger partial charge in [0, 0.05) is 31.9 Å². The minimum atomic E-state index is 0.301. The van der Waals surface area contributed by atoms with E-state index < -0.39 is 0 Å². The van der Waals surface area contributed by atoms with Crippen molar-refractivity contribution in [1.82, 2.24) is 19.9 Å². The third kappa shape index (κ3) is 2.83. The van der Waals surface area contributed by atoms with Crippen LogP contribution in [0, 0.1) is 0 Å². The number of nitrogens with zero attached hydrogens (tertiary/aromatic N) is 5. The zero-order valence-electron chi connectivity index (χ0n) is 13.6. The maximum atomic E-state index is 5.92. The van der Waals surface area contributed by atoms with Crippen molar-refractivity contribution in [1.29, 1.82) is 0 Å². The van der Waals surface area contributed by atoms with Gasteiger partial charge in [-0.2, -0.15) is 9.97 Å². The lowest BCUT2D eigenvalue weighted by Gasteiger charge is -2.33. The molecule has 0 spiro atoms. The van der Waals surface area contributed by atoms with Crippen molar-refractivity contribution in [3.63, 3.8) is 0 Å². The molecule has 2 N–H and O–H groups in total. The van der Waals surface area contributed by atoms with Gasteiger partial charge in [0.25, 0.3) is 0 Å². The van der Waals surface area contributed by atoms with Crippen molar-refractivity contribution in [3.05, 3.63) is 17.8 Å². The molecule has 1 atom stereocenters. The highest BCUT2D eigenvalue weighted by atomic mass is 15.3. The zero-order chi connectivity index (χ0) is 15.7. The molecule has 1 aliphatic rings. The summed E-state index contributed by atoms with van der Waals surface area (Å²) in [5.74, 6) is 1.64. The highest BCUT2D eigenvalue weighted by molar-refractivity contribution is 5.88. The second-order valence-corrected chi connectivity index (χ2v) is 6.11. The van der Waals surface area contributed by atoms with Crippen LogP contribution in [0.1, 0.15) is 31.9 Å². The average molecular weight is 300 g/mol. The fourth-order valence-corrected chi connectivity index (χ4v) is 2.77. The number of hydrogen-bond acceptors (Lipinski definition) is 6. The van der Waals surface area contributed by atoms with Crippen molar-refractivity contribution >= 4 is 22.8 Å². The second kappa shape index (κ2) is 6.04. The third-order valence-corrected chi connectivity index (χ3v) is 4.50.